The molecule has 0 unspecified atom stereocenters. The van der Waals surface area contributed by atoms with E-state index in [0.717, 1.165) is 30.1 Å². The summed E-state index contributed by atoms with van der Waals surface area (Å²) in [7, 11) is 0. The Morgan fingerprint density at radius 2 is 1.66 bits per heavy atom. The summed E-state index contributed by atoms with van der Waals surface area (Å²) < 4.78 is 0. The highest BCUT2D eigenvalue weighted by atomic mass is 16.3. The first-order valence-corrected chi connectivity index (χ1v) is 14.2. The zero-order valence-electron chi connectivity index (χ0n) is 22.4. The molecule has 1 N–H and O–H groups in total. The Bertz CT molecular complexity index is 779. The van der Waals surface area contributed by atoms with Gasteiger partial charge in [-0.25, -0.2) is 0 Å². The minimum absolute atomic E-state index is 0.0925. The minimum atomic E-state index is -0.0925. The van der Waals surface area contributed by atoms with Crippen molar-refractivity contribution in [3.8, 4) is 0 Å². The van der Waals surface area contributed by atoms with Gasteiger partial charge in [-0.1, -0.05) is 60.6 Å². The second-order valence-electron chi connectivity index (χ2n) is 15.0. The highest BCUT2D eigenvalue weighted by Crippen LogP contribution is 2.88. The molecule has 32 heavy (non-hydrogen) atoms. The van der Waals surface area contributed by atoms with Gasteiger partial charge in [-0.15, -0.1) is 0 Å². The SMILES string of the molecule is C=C(CC[C@H](C)[C@H]1CC[C@]2(C)C[C@@H]3CC[C@@H]4C(C)(C)[C@@H](O)CC[C@@]45C[C@@]35C[C@@]12C)C(C)C. The Morgan fingerprint density at radius 1 is 0.938 bits per heavy atom. The van der Waals surface area contributed by atoms with E-state index in [0.29, 0.717) is 27.6 Å². The van der Waals surface area contributed by atoms with Crippen LogP contribution in [-0.2, 0) is 0 Å². The lowest BCUT2D eigenvalue weighted by Gasteiger charge is -2.61. The van der Waals surface area contributed by atoms with E-state index in [1.807, 2.05) is 0 Å². The molecule has 182 valence electrons. The van der Waals surface area contributed by atoms with E-state index in [1.165, 1.54) is 69.8 Å². The van der Waals surface area contributed by atoms with E-state index in [9.17, 15) is 5.11 Å². The van der Waals surface area contributed by atoms with Crippen LogP contribution in [0.1, 0.15) is 119 Å². The topological polar surface area (TPSA) is 20.2 Å². The molecule has 5 aliphatic rings. The quantitative estimate of drug-likeness (QED) is 0.425. The van der Waals surface area contributed by atoms with E-state index >= 15 is 0 Å². The van der Waals surface area contributed by atoms with Gasteiger partial charge in [0.2, 0.25) is 0 Å². The molecular formula is C31H52O. The smallest absolute Gasteiger partial charge is 0.0594 e. The van der Waals surface area contributed by atoms with Gasteiger partial charge in [-0.2, -0.15) is 0 Å². The normalized spacial score (nSPS) is 51.9. The van der Waals surface area contributed by atoms with E-state index < -0.39 is 0 Å². The first kappa shape index (κ1) is 23.4. The standard InChI is InChI=1S/C31H52O/c1-20(2)21(3)9-10-22(4)24-13-15-28(7)17-23-11-12-25-27(5,6)26(32)14-16-30(25)19-31(23,30)18-29(24,28)8/h20,22-26,32H,3,9-19H2,1-2,4-8H3/t22-,23-,24+,25+,26-,28+,29-,30+,31-/m0/s1. The molecule has 5 fully saturated rings. The van der Waals surface area contributed by atoms with E-state index in [4.69, 9.17) is 0 Å². The van der Waals surface area contributed by atoms with Crippen LogP contribution in [0.15, 0.2) is 12.2 Å². The van der Waals surface area contributed by atoms with Crippen LogP contribution in [0.3, 0.4) is 0 Å². The fourth-order valence-corrected chi connectivity index (χ4v) is 11.0. The lowest BCUT2D eigenvalue weighted by atomic mass is 9.43. The second kappa shape index (κ2) is 7.11. The molecule has 0 aliphatic heterocycles. The van der Waals surface area contributed by atoms with Crippen molar-refractivity contribution >= 4 is 0 Å². The molecule has 5 rings (SSSR count). The summed E-state index contributed by atoms with van der Waals surface area (Å²) in [6.45, 7) is 21.8. The highest BCUT2D eigenvalue weighted by molar-refractivity contribution is 5.29. The van der Waals surface area contributed by atoms with Crippen LogP contribution in [0.25, 0.3) is 0 Å². The predicted octanol–water partition coefficient (Wildman–Crippen LogP) is 8.41. The van der Waals surface area contributed by atoms with Gasteiger partial charge >= 0.3 is 0 Å². The summed E-state index contributed by atoms with van der Waals surface area (Å²) in [5.41, 5.74) is 3.75. The van der Waals surface area contributed by atoms with Gasteiger partial charge in [-0.3, -0.25) is 0 Å². The molecule has 0 radical (unpaired) electrons. The van der Waals surface area contributed by atoms with Crippen molar-refractivity contribution in [1.29, 1.82) is 0 Å². The monoisotopic (exact) mass is 440 g/mol. The van der Waals surface area contributed by atoms with Crippen molar-refractivity contribution in [3.05, 3.63) is 12.2 Å². The van der Waals surface area contributed by atoms with Crippen LogP contribution in [0.2, 0.25) is 0 Å². The van der Waals surface area contributed by atoms with Crippen LogP contribution < -0.4 is 0 Å². The fourth-order valence-electron chi connectivity index (χ4n) is 11.0. The first-order chi connectivity index (χ1) is 14.8. The van der Waals surface area contributed by atoms with Gasteiger partial charge in [-0.05, 0) is 127 Å². The van der Waals surface area contributed by atoms with Gasteiger partial charge in [0.1, 0.15) is 0 Å². The summed E-state index contributed by atoms with van der Waals surface area (Å²) in [4.78, 5) is 0. The Labute approximate surface area is 199 Å². The summed E-state index contributed by atoms with van der Waals surface area (Å²) in [5.74, 6) is 4.01. The number of rotatable bonds is 5. The fraction of sp³-hybridized carbons (Fsp3) is 0.935. The maximum atomic E-state index is 10.9. The number of aliphatic hydroxyl groups is 1. The Kier molecular flexibility index (Phi) is 5.21. The average molecular weight is 441 g/mol. The maximum absolute atomic E-state index is 10.9. The van der Waals surface area contributed by atoms with E-state index in [2.05, 4.69) is 55.0 Å². The minimum Gasteiger partial charge on any atom is -0.393 e. The third-order valence-electron chi connectivity index (χ3n) is 13.4. The lowest BCUT2D eigenvalue weighted by Crippen LogP contribution is -2.55. The molecule has 5 aliphatic carbocycles. The van der Waals surface area contributed by atoms with Crippen molar-refractivity contribution in [3.63, 3.8) is 0 Å². The van der Waals surface area contributed by atoms with E-state index in [1.54, 1.807) is 0 Å². The van der Waals surface area contributed by atoms with Gasteiger partial charge in [0.25, 0.3) is 0 Å². The maximum Gasteiger partial charge on any atom is 0.0594 e. The number of allylic oxidation sites excluding steroid dienone is 1. The van der Waals surface area contributed by atoms with Gasteiger partial charge in [0, 0.05) is 0 Å². The highest BCUT2D eigenvalue weighted by Gasteiger charge is 2.81. The number of hydrogen-bond acceptors (Lipinski definition) is 1. The lowest BCUT2D eigenvalue weighted by molar-refractivity contribution is -0.147. The molecular weight excluding hydrogens is 388 g/mol. The van der Waals surface area contributed by atoms with E-state index in [-0.39, 0.29) is 11.5 Å². The molecule has 0 saturated heterocycles. The summed E-state index contributed by atoms with van der Waals surface area (Å²) >= 11 is 0. The van der Waals surface area contributed by atoms with Crippen molar-refractivity contribution in [2.75, 3.05) is 0 Å². The molecule has 5 saturated carbocycles. The molecule has 0 amide bonds. The van der Waals surface area contributed by atoms with Crippen molar-refractivity contribution < 1.29 is 5.11 Å². The van der Waals surface area contributed by atoms with Gasteiger partial charge in [0.15, 0.2) is 0 Å². The molecule has 0 bridgehead atoms. The summed E-state index contributed by atoms with van der Waals surface area (Å²) in [6, 6.07) is 0. The second-order valence-corrected chi connectivity index (χ2v) is 15.0. The first-order valence-electron chi connectivity index (χ1n) is 14.2. The molecule has 0 heterocycles. The van der Waals surface area contributed by atoms with Crippen LogP contribution in [0.5, 0.6) is 0 Å². The van der Waals surface area contributed by atoms with Crippen LogP contribution in [-0.4, -0.2) is 11.2 Å². The average Bonchev–Trinajstić information content (AvgIpc) is 3.28. The van der Waals surface area contributed by atoms with Crippen molar-refractivity contribution in [2.24, 2.45) is 56.7 Å². The predicted molar refractivity (Wildman–Crippen MR) is 135 cm³/mol. The van der Waals surface area contributed by atoms with Crippen LogP contribution >= 0.6 is 0 Å². The zero-order valence-corrected chi connectivity index (χ0v) is 22.4. The Balaban J connectivity index is 1.41. The zero-order chi connectivity index (χ0) is 23.3. The van der Waals surface area contributed by atoms with Gasteiger partial charge in [0.05, 0.1) is 6.10 Å². The summed E-state index contributed by atoms with van der Waals surface area (Å²) in [5, 5.41) is 10.9. The van der Waals surface area contributed by atoms with Crippen molar-refractivity contribution in [1.82, 2.24) is 0 Å². The van der Waals surface area contributed by atoms with Crippen LogP contribution in [0, 0.1) is 56.7 Å². The molecule has 2 spiro atoms. The molecule has 0 aromatic carbocycles. The molecule has 9 atom stereocenters. The van der Waals surface area contributed by atoms with Crippen molar-refractivity contribution in [2.45, 2.75) is 125 Å². The van der Waals surface area contributed by atoms with Gasteiger partial charge < -0.3 is 5.11 Å². The van der Waals surface area contributed by atoms with Crippen LogP contribution in [0.4, 0.5) is 0 Å². The molecule has 0 aromatic heterocycles. The number of hydrogen-bond donors (Lipinski definition) is 1. The third-order valence-corrected chi connectivity index (χ3v) is 13.4. The third kappa shape index (κ3) is 2.85. The molecule has 1 heteroatoms. The number of fused-ring (bicyclic) bond motifs is 1. The largest absolute Gasteiger partial charge is 0.393 e. The Hall–Kier alpha value is -0.300. The Morgan fingerprint density at radius 3 is 2.34 bits per heavy atom. The molecule has 1 nitrogen and oxygen atoms in total. The number of aliphatic hydroxyl groups excluding tert-OH is 1. The summed E-state index contributed by atoms with van der Waals surface area (Å²) in [6.07, 6.45) is 15.0. The molecule has 0 aromatic rings.